The predicted octanol–water partition coefficient (Wildman–Crippen LogP) is 2.26. The molecular formula is C20H22N2O5. The number of amides is 2. The van der Waals surface area contributed by atoms with Crippen molar-refractivity contribution in [3.8, 4) is 0 Å². The first-order chi connectivity index (χ1) is 13.1. The number of nitrogens with zero attached hydrogens (tertiary/aromatic N) is 1. The lowest BCUT2D eigenvalue weighted by Gasteiger charge is -2.34. The van der Waals surface area contributed by atoms with Gasteiger partial charge in [0.05, 0.1) is 12.2 Å². The minimum absolute atomic E-state index is 0.0303. The number of rotatable bonds is 6. The van der Waals surface area contributed by atoms with Crippen molar-refractivity contribution in [2.24, 2.45) is 0 Å². The van der Waals surface area contributed by atoms with E-state index >= 15 is 0 Å². The third kappa shape index (κ3) is 4.36. The fourth-order valence-electron chi connectivity index (χ4n) is 3.34. The summed E-state index contributed by atoms with van der Waals surface area (Å²) >= 11 is 0. The van der Waals surface area contributed by atoms with Gasteiger partial charge in [-0.25, -0.2) is 0 Å². The van der Waals surface area contributed by atoms with E-state index in [0.717, 1.165) is 12.8 Å². The van der Waals surface area contributed by atoms with Gasteiger partial charge >= 0.3 is 5.97 Å². The Hall–Kier alpha value is -3.09. The van der Waals surface area contributed by atoms with Gasteiger partial charge in [0.15, 0.2) is 5.76 Å². The summed E-state index contributed by atoms with van der Waals surface area (Å²) in [7, 11) is 0. The summed E-state index contributed by atoms with van der Waals surface area (Å²) in [5.74, 6) is -2.31. The summed E-state index contributed by atoms with van der Waals surface area (Å²) in [6.45, 7) is 0.441. The van der Waals surface area contributed by atoms with E-state index in [1.807, 2.05) is 0 Å². The van der Waals surface area contributed by atoms with Crippen molar-refractivity contribution in [3.05, 3.63) is 60.1 Å². The number of piperidine rings is 1. The Morgan fingerprint density at radius 3 is 2.59 bits per heavy atom. The molecule has 3 rings (SSSR count). The zero-order chi connectivity index (χ0) is 19.2. The van der Waals surface area contributed by atoms with Crippen LogP contribution in [-0.2, 0) is 9.59 Å². The average Bonchev–Trinajstić information content (AvgIpc) is 3.23. The maximum Gasteiger partial charge on any atom is 0.312 e. The first kappa shape index (κ1) is 18.7. The average molecular weight is 370 g/mol. The molecule has 2 aromatic rings. The molecule has 0 aliphatic carbocycles. The molecule has 142 valence electrons. The molecule has 1 aliphatic rings. The number of furan rings is 1. The molecule has 27 heavy (non-hydrogen) atoms. The number of carboxylic acid groups (broad SMARTS) is 1. The molecule has 7 nitrogen and oxygen atoms in total. The van der Waals surface area contributed by atoms with E-state index in [9.17, 15) is 19.5 Å². The highest BCUT2D eigenvalue weighted by Gasteiger charge is 2.34. The van der Waals surface area contributed by atoms with Crippen molar-refractivity contribution < 1.29 is 23.9 Å². The van der Waals surface area contributed by atoms with E-state index < -0.39 is 17.9 Å². The zero-order valence-electron chi connectivity index (χ0n) is 14.8. The molecule has 7 heteroatoms. The normalized spacial score (nSPS) is 17.9. The molecule has 2 atom stereocenters. The van der Waals surface area contributed by atoms with Crippen molar-refractivity contribution in [2.45, 2.75) is 31.2 Å². The highest BCUT2D eigenvalue weighted by Crippen LogP contribution is 2.21. The van der Waals surface area contributed by atoms with E-state index in [4.69, 9.17) is 4.42 Å². The molecule has 2 amide bonds. The molecule has 1 aromatic carbocycles. The van der Waals surface area contributed by atoms with Crippen LogP contribution in [0, 0.1) is 0 Å². The lowest BCUT2D eigenvalue weighted by Crippen LogP contribution is -2.52. The van der Waals surface area contributed by atoms with Gasteiger partial charge < -0.3 is 19.7 Å². The summed E-state index contributed by atoms with van der Waals surface area (Å²) in [5.41, 5.74) is 0.623. The minimum Gasteiger partial charge on any atom is -0.481 e. The Morgan fingerprint density at radius 2 is 1.93 bits per heavy atom. The summed E-state index contributed by atoms with van der Waals surface area (Å²) in [6.07, 6.45) is 3.62. The topological polar surface area (TPSA) is 99.9 Å². The highest BCUT2D eigenvalue weighted by atomic mass is 16.4. The van der Waals surface area contributed by atoms with Gasteiger partial charge in [-0.05, 0) is 37.0 Å². The summed E-state index contributed by atoms with van der Waals surface area (Å²) < 4.78 is 5.16. The number of carbonyl (C=O) groups excluding carboxylic acids is 2. The smallest absolute Gasteiger partial charge is 0.312 e. The van der Waals surface area contributed by atoms with Crippen LogP contribution in [0.15, 0.2) is 53.1 Å². The molecule has 2 N–H and O–H groups in total. The minimum atomic E-state index is -1.01. The van der Waals surface area contributed by atoms with Gasteiger partial charge in [0.1, 0.15) is 6.04 Å². The molecule has 2 heterocycles. The molecule has 0 bridgehead atoms. The van der Waals surface area contributed by atoms with Gasteiger partial charge in [-0.15, -0.1) is 0 Å². The van der Waals surface area contributed by atoms with Crippen LogP contribution in [0.3, 0.4) is 0 Å². The first-order valence-electron chi connectivity index (χ1n) is 8.98. The number of hydrogen-bond donors (Lipinski definition) is 2. The lowest BCUT2D eigenvalue weighted by molar-refractivity contribution is -0.138. The van der Waals surface area contributed by atoms with Crippen molar-refractivity contribution in [3.63, 3.8) is 0 Å². The predicted molar refractivity (Wildman–Crippen MR) is 97.2 cm³/mol. The molecule has 0 spiro atoms. The number of carbonyl (C=O) groups is 3. The molecule has 2 unspecified atom stereocenters. The second-order valence-electron chi connectivity index (χ2n) is 6.53. The van der Waals surface area contributed by atoms with Crippen LogP contribution in [0.2, 0.25) is 0 Å². The molecule has 1 aromatic heterocycles. The molecule has 1 aliphatic heterocycles. The largest absolute Gasteiger partial charge is 0.481 e. The molecular weight excluding hydrogens is 348 g/mol. The molecule has 0 saturated carbocycles. The number of likely N-dealkylation sites (tertiary alicyclic amines) is 1. The summed E-state index contributed by atoms with van der Waals surface area (Å²) in [4.78, 5) is 38.4. The maximum absolute atomic E-state index is 12.7. The van der Waals surface area contributed by atoms with Gasteiger partial charge in [0.2, 0.25) is 5.91 Å². The summed E-state index contributed by atoms with van der Waals surface area (Å²) in [6, 6.07) is 11.3. The van der Waals surface area contributed by atoms with Crippen LogP contribution in [0.25, 0.3) is 0 Å². The number of hydrogen-bond acceptors (Lipinski definition) is 4. The third-order valence-corrected chi connectivity index (χ3v) is 4.78. The quantitative estimate of drug-likeness (QED) is 0.812. The van der Waals surface area contributed by atoms with Crippen LogP contribution in [0.4, 0.5) is 0 Å². The van der Waals surface area contributed by atoms with Gasteiger partial charge in [-0.3, -0.25) is 14.4 Å². The van der Waals surface area contributed by atoms with Gasteiger partial charge in [0.25, 0.3) is 5.91 Å². The Labute approximate surface area is 157 Å². The number of benzene rings is 1. The van der Waals surface area contributed by atoms with Crippen molar-refractivity contribution >= 4 is 17.8 Å². The van der Waals surface area contributed by atoms with Crippen LogP contribution in [0.5, 0.6) is 0 Å². The second kappa shape index (κ2) is 8.53. The SMILES string of the molecule is O=C(O)C(CNC(=O)C1CCCCN1C(=O)c1ccco1)c1ccccc1. The van der Waals surface area contributed by atoms with Gasteiger partial charge in [0, 0.05) is 13.1 Å². The number of carboxylic acids is 1. The number of nitrogens with one attached hydrogen (secondary N) is 1. The standard InChI is InChI=1S/C20H22N2O5/c23-18(21-13-15(20(25)26)14-7-2-1-3-8-14)16-9-4-5-11-22(16)19(24)17-10-6-12-27-17/h1-3,6-8,10,12,15-16H,4-5,9,11,13H2,(H,21,23)(H,25,26). The third-order valence-electron chi connectivity index (χ3n) is 4.78. The fourth-order valence-corrected chi connectivity index (χ4v) is 3.34. The van der Waals surface area contributed by atoms with E-state index in [0.29, 0.717) is 18.5 Å². The Kier molecular flexibility index (Phi) is 5.90. The van der Waals surface area contributed by atoms with E-state index in [2.05, 4.69) is 5.32 Å². The zero-order valence-corrected chi connectivity index (χ0v) is 14.8. The first-order valence-corrected chi connectivity index (χ1v) is 8.98. The van der Waals surface area contributed by atoms with Crippen LogP contribution in [-0.4, -0.2) is 46.9 Å². The fraction of sp³-hybridized carbons (Fsp3) is 0.350. The highest BCUT2D eigenvalue weighted by molar-refractivity contribution is 5.95. The molecule has 0 radical (unpaired) electrons. The molecule has 1 saturated heterocycles. The Morgan fingerprint density at radius 1 is 1.15 bits per heavy atom. The van der Waals surface area contributed by atoms with Crippen molar-refractivity contribution in [1.82, 2.24) is 10.2 Å². The van der Waals surface area contributed by atoms with Crippen LogP contribution < -0.4 is 5.32 Å². The van der Waals surface area contributed by atoms with Crippen molar-refractivity contribution in [1.29, 1.82) is 0 Å². The van der Waals surface area contributed by atoms with Crippen molar-refractivity contribution in [2.75, 3.05) is 13.1 Å². The van der Waals surface area contributed by atoms with Gasteiger partial charge in [-0.1, -0.05) is 30.3 Å². The monoisotopic (exact) mass is 370 g/mol. The van der Waals surface area contributed by atoms with Crippen LogP contribution >= 0.6 is 0 Å². The van der Waals surface area contributed by atoms with E-state index in [-0.39, 0.29) is 24.1 Å². The maximum atomic E-state index is 12.7. The Balaban J connectivity index is 1.68. The van der Waals surface area contributed by atoms with Gasteiger partial charge in [-0.2, -0.15) is 0 Å². The number of aliphatic carboxylic acids is 1. The van der Waals surface area contributed by atoms with E-state index in [1.165, 1.54) is 11.2 Å². The second-order valence-corrected chi connectivity index (χ2v) is 6.53. The lowest BCUT2D eigenvalue weighted by atomic mass is 9.98. The Bertz CT molecular complexity index is 788. The molecule has 1 fully saturated rings. The van der Waals surface area contributed by atoms with E-state index in [1.54, 1.807) is 42.5 Å². The van der Waals surface area contributed by atoms with Crippen LogP contribution in [0.1, 0.15) is 41.3 Å². The summed E-state index contributed by atoms with van der Waals surface area (Å²) in [5, 5.41) is 12.2.